The summed E-state index contributed by atoms with van der Waals surface area (Å²) in [5.74, 6) is 5.91. The molecule has 1 aliphatic rings. The van der Waals surface area contributed by atoms with Gasteiger partial charge in [0.25, 0.3) is 0 Å². The van der Waals surface area contributed by atoms with Gasteiger partial charge >= 0.3 is 0 Å². The Balaban J connectivity index is 2.31. The SMILES string of the molecule is CCn1ncc(Cl)c1C(NN)C(C)(C)N1CCCCCC1. The second-order valence-electron chi connectivity index (χ2n) is 6.35. The van der Waals surface area contributed by atoms with E-state index >= 15 is 0 Å². The minimum absolute atomic E-state index is 0.0504. The fourth-order valence-electron chi connectivity index (χ4n) is 3.36. The maximum Gasteiger partial charge on any atom is 0.0835 e. The lowest BCUT2D eigenvalue weighted by molar-refractivity contribution is 0.0800. The van der Waals surface area contributed by atoms with Gasteiger partial charge < -0.3 is 0 Å². The molecule has 2 heterocycles. The highest BCUT2D eigenvalue weighted by Crippen LogP contribution is 2.35. The molecule has 0 radical (unpaired) electrons. The smallest absolute Gasteiger partial charge is 0.0835 e. The van der Waals surface area contributed by atoms with Gasteiger partial charge in [0.2, 0.25) is 0 Å². The van der Waals surface area contributed by atoms with Crippen molar-refractivity contribution in [3.05, 3.63) is 16.9 Å². The third kappa shape index (κ3) is 3.42. The molecular formula is C15H28ClN5. The van der Waals surface area contributed by atoms with Crippen molar-refractivity contribution in [1.29, 1.82) is 0 Å². The van der Waals surface area contributed by atoms with Gasteiger partial charge in [0.05, 0.1) is 23.0 Å². The van der Waals surface area contributed by atoms with Crippen molar-refractivity contribution in [3.8, 4) is 0 Å². The monoisotopic (exact) mass is 313 g/mol. The summed E-state index contributed by atoms with van der Waals surface area (Å²) in [5, 5.41) is 5.03. The van der Waals surface area contributed by atoms with Gasteiger partial charge in [-0.3, -0.25) is 15.4 Å². The number of likely N-dealkylation sites (tertiary alicyclic amines) is 1. The van der Waals surface area contributed by atoms with Crippen molar-refractivity contribution >= 4 is 11.6 Å². The second kappa shape index (κ2) is 7.09. The van der Waals surface area contributed by atoms with Gasteiger partial charge in [0, 0.05) is 12.1 Å². The quantitative estimate of drug-likeness (QED) is 0.648. The molecule has 5 nitrogen and oxygen atoms in total. The summed E-state index contributed by atoms with van der Waals surface area (Å²) in [7, 11) is 0. The average Bonchev–Trinajstić information content (AvgIpc) is 2.69. The van der Waals surface area contributed by atoms with Gasteiger partial charge in [0.15, 0.2) is 0 Å². The summed E-state index contributed by atoms with van der Waals surface area (Å²) in [5.41, 5.74) is 3.86. The Morgan fingerprint density at radius 1 is 1.33 bits per heavy atom. The van der Waals surface area contributed by atoms with E-state index in [4.69, 9.17) is 17.4 Å². The zero-order chi connectivity index (χ0) is 15.5. The number of nitrogens with two attached hydrogens (primary N) is 1. The molecule has 1 aromatic rings. The number of halogens is 1. The molecule has 0 bridgehead atoms. The highest BCUT2D eigenvalue weighted by Gasteiger charge is 2.38. The summed E-state index contributed by atoms with van der Waals surface area (Å²) < 4.78 is 1.94. The summed E-state index contributed by atoms with van der Waals surface area (Å²) >= 11 is 6.38. The molecule has 21 heavy (non-hydrogen) atoms. The normalized spacial score (nSPS) is 19.5. The largest absolute Gasteiger partial charge is 0.296 e. The number of aryl methyl sites for hydroxylation is 1. The van der Waals surface area contributed by atoms with Crippen LogP contribution in [0, 0.1) is 0 Å². The zero-order valence-electron chi connectivity index (χ0n) is 13.4. The topological polar surface area (TPSA) is 59.1 Å². The Kier molecular flexibility index (Phi) is 5.66. The Morgan fingerprint density at radius 3 is 2.48 bits per heavy atom. The lowest BCUT2D eigenvalue weighted by Gasteiger charge is -2.43. The number of nitrogens with zero attached hydrogens (tertiary/aromatic N) is 3. The number of hydrogen-bond donors (Lipinski definition) is 2. The Bertz CT molecular complexity index is 449. The molecule has 1 unspecified atom stereocenters. The van der Waals surface area contributed by atoms with Crippen LogP contribution in [-0.4, -0.2) is 33.3 Å². The van der Waals surface area contributed by atoms with Gasteiger partial charge in [-0.1, -0.05) is 24.4 Å². The number of rotatable bonds is 5. The number of nitrogens with one attached hydrogen (secondary N) is 1. The fourth-order valence-corrected chi connectivity index (χ4v) is 3.61. The third-order valence-electron chi connectivity index (χ3n) is 4.70. The average molecular weight is 314 g/mol. The van der Waals surface area contributed by atoms with Crippen molar-refractivity contribution in [1.82, 2.24) is 20.1 Å². The lowest BCUT2D eigenvalue weighted by Crippen LogP contribution is -2.55. The van der Waals surface area contributed by atoms with Gasteiger partial charge in [-0.2, -0.15) is 5.10 Å². The zero-order valence-corrected chi connectivity index (χ0v) is 14.2. The van der Waals surface area contributed by atoms with Crippen LogP contribution < -0.4 is 11.3 Å². The van der Waals surface area contributed by atoms with Crippen LogP contribution in [0.5, 0.6) is 0 Å². The van der Waals surface area contributed by atoms with Crippen LogP contribution in [0.1, 0.15) is 58.2 Å². The van der Waals surface area contributed by atoms with Crippen LogP contribution in [0.3, 0.4) is 0 Å². The summed E-state index contributed by atoms with van der Waals surface area (Å²) in [6, 6.07) is -0.0504. The Labute approximate surface area is 132 Å². The standard InChI is InChI=1S/C15H28ClN5/c1-4-21-13(12(16)11-18-21)14(19-17)15(2,3)20-9-7-5-6-8-10-20/h11,14,19H,4-10,17H2,1-3H3. The molecule has 3 N–H and O–H groups in total. The van der Waals surface area contributed by atoms with E-state index < -0.39 is 0 Å². The summed E-state index contributed by atoms with van der Waals surface area (Å²) in [6.07, 6.45) is 6.86. The van der Waals surface area contributed by atoms with Crippen LogP contribution in [0.15, 0.2) is 6.20 Å². The molecule has 1 fully saturated rings. The van der Waals surface area contributed by atoms with Gasteiger partial charge in [-0.05, 0) is 46.7 Å². The fraction of sp³-hybridized carbons (Fsp3) is 0.800. The van der Waals surface area contributed by atoms with E-state index in [-0.39, 0.29) is 11.6 Å². The van der Waals surface area contributed by atoms with Crippen LogP contribution in [0.25, 0.3) is 0 Å². The molecule has 1 atom stereocenters. The first-order valence-electron chi connectivity index (χ1n) is 7.94. The van der Waals surface area contributed by atoms with Gasteiger partial charge in [0.1, 0.15) is 0 Å². The Hall–Kier alpha value is -0.620. The molecule has 1 aromatic heterocycles. The first-order valence-corrected chi connectivity index (χ1v) is 8.32. The van der Waals surface area contributed by atoms with Crippen LogP contribution in [-0.2, 0) is 6.54 Å². The number of aromatic nitrogens is 2. The molecule has 0 spiro atoms. The van der Waals surface area contributed by atoms with Crippen LogP contribution in [0.2, 0.25) is 5.02 Å². The number of hydrazine groups is 1. The molecule has 6 heteroatoms. The lowest BCUT2D eigenvalue weighted by atomic mass is 9.89. The molecule has 0 amide bonds. The molecule has 120 valence electrons. The van der Waals surface area contributed by atoms with E-state index in [2.05, 4.69) is 36.2 Å². The predicted octanol–water partition coefficient (Wildman–Crippen LogP) is 2.72. The van der Waals surface area contributed by atoms with Crippen molar-refractivity contribution < 1.29 is 0 Å². The van der Waals surface area contributed by atoms with Crippen molar-refractivity contribution in [2.75, 3.05) is 13.1 Å². The second-order valence-corrected chi connectivity index (χ2v) is 6.76. The van der Waals surface area contributed by atoms with Crippen molar-refractivity contribution in [2.24, 2.45) is 5.84 Å². The van der Waals surface area contributed by atoms with Gasteiger partial charge in [-0.25, -0.2) is 5.43 Å². The molecule has 1 saturated heterocycles. The maximum atomic E-state index is 6.38. The number of hydrogen-bond acceptors (Lipinski definition) is 4. The minimum atomic E-state index is -0.115. The van der Waals surface area contributed by atoms with Crippen LogP contribution >= 0.6 is 11.6 Å². The minimum Gasteiger partial charge on any atom is -0.296 e. The summed E-state index contributed by atoms with van der Waals surface area (Å²) in [4.78, 5) is 2.54. The first-order chi connectivity index (χ1) is 10.0. The van der Waals surface area contributed by atoms with Crippen LogP contribution in [0.4, 0.5) is 0 Å². The highest BCUT2D eigenvalue weighted by atomic mass is 35.5. The van der Waals surface area contributed by atoms with Gasteiger partial charge in [-0.15, -0.1) is 0 Å². The molecule has 2 rings (SSSR count). The summed E-state index contributed by atoms with van der Waals surface area (Å²) in [6.45, 7) is 9.57. The highest BCUT2D eigenvalue weighted by molar-refractivity contribution is 6.31. The molecule has 0 aliphatic carbocycles. The van der Waals surface area contributed by atoms with E-state index in [1.807, 2.05) is 4.68 Å². The first kappa shape index (κ1) is 16.7. The van der Waals surface area contributed by atoms with E-state index in [1.165, 1.54) is 25.7 Å². The maximum absolute atomic E-state index is 6.38. The van der Waals surface area contributed by atoms with E-state index in [9.17, 15) is 0 Å². The molecule has 1 aliphatic heterocycles. The van der Waals surface area contributed by atoms with E-state index in [0.29, 0.717) is 5.02 Å². The van der Waals surface area contributed by atoms with Crippen molar-refractivity contribution in [3.63, 3.8) is 0 Å². The molecule has 0 aromatic carbocycles. The van der Waals surface area contributed by atoms with E-state index in [1.54, 1.807) is 6.20 Å². The Morgan fingerprint density at radius 2 is 1.95 bits per heavy atom. The third-order valence-corrected chi connectivity index (χ3v) is 4.99. The van der Waals surface area contributed by atoms with E-state index in [0.717, 1.165) is 25.3 Å². The molecular weight excluding hydrogens is 286 g/mol. The van der Waals surface area contributed by atoms with Crippen molar-refractivity contribution in [2.45, 2.75) is 64.6 Å². The predicted molar refractivity (Wildman–Crippen MR) is 87.1 cm³/mol. The molecule has 0 saturated carbocycles.